The Morgan fingerprint density at radius 1 is 1.11 bits per heavy atom. The molecule has 0 aliphatic carbocycles. The fraction of sp³-hybridized carbons (Fsp3) is 0.100. The molecule has 2 aromatic heterocycles. The molecule has 4 aromatic rings. The number of nitrogens with zero attached hydrogens (tertiary/aromatic N) is 2. The number of nitrogens with one attached hydrogen (secondary N) is 2. The van der Waals surface area contributed by atoms with Crippen LogP contribution in [0.25, 0.3) is 31.4 Å². The van der Waals surface area contributed by atoms with Gasteiger partial charge in [0, 0.05) is 22.7 Å². The molecule has 0 fully saturated rings. The largest absolute Gasteiger partial charge is 0.382 e. The lowest BCUT2D eigenvalue weighted by molar-refractivity contribution is -0.119. The van der Waals surface area contributed by atoms with Crippen molar-refractivity contribution in [3.63, 3.8) is 0 Å². The molecule has 0 bridgehead atoms. The maximum absolute atomic E-state index is 12.3. The predicted octanol–water partition coefficient (Wildman–Crippen LogP) is 2.57. The van der Waals surface area contributed by atoms with Gasteiger partial charge in [0.25, 0.3) is 5.91 Å². The molecule has 0 aliphatic rings. The summed E-state index contributed by atoms with van der Waals surface area (Å²) in [5.74, 6) is -0.0685. The number of nitrogen functional groups attached to an aromatic ring is 1. The number of thiophene rings is 1. The predicted molar refractivity (Wildman–Crippen MR) is 111 cm³/mol. The van der Waals surface area contributed by atoms with Crippen molar-refractivity contribution in [3.05, 3.63) is 54.4 Å². The van der Waals surface area contributed by atoms with Crippen molar-refractivity contribution in [3.8, 4) is 11.1 Å². The first-order chi connectivity index (χ1) is 13.6. The molecule has 140 valence electrons. The highest BCUT2D eigenvalue weighted by Crippen LogP contribution is 2.37. The molecule has 2 aromatic carbocycles. The number of nitrogens with two attached hydrogens (primary N) is 1. The van der Waals surface area contributed by atoms with E-state index in [2.05, 4.69) is 26.7 Å². The lowest BCUT2D eigenvalue weighted by Crippen LogP contribution is -2.35. The van der Waals surface area contributed by atoms with E-state index in [1.165, 1.54) is 13.4 Å². The molecule has 2 amide bonds. The topological polar surface area (TPSA) is 110 Å². The van der Waals surface area contributed by atoms with Gasteiger partial charge in [-0.1, -0.05) is 24.3 Å². The highest BCUT2D eigenvalue weighted by atomic mass is 32.1. The molecule has 0 saturated heterocycles. The minimum absolute atomic E-state index is 0.0598. The number of rotatable bonds is 4. The summed E-state index contributed by atoms with van der Waals surface area (Å²) in [5.41, 5.74) is 9.20. The van der Waals surface area contributed by atoms with Crippen LogP contribution in [-0.2, 0) is 4.79 Å². The minimum atomic E-state index is -0.295. The average molecular weight is 391 g/mol. The Morgan fingerprint density at radius 2 is 1.93 bits per heavy atom. The Kier molecular flexibility index (Phi) is 4.62. The Hall–Kier alpha value is -3.52. The second kappa shape index (κ2) is 7.24. The number of hydrogen-bond donors (Lipinski definition) is 3. The van der Waals surface area contributed by atoms with Gasteiger partial charge in [-0.25, -0.2) is 9.97 Å². The number of anilines is 1. The summed E-state index contributed by atoms with van der Waals surface area (Å²) in [6.45, 7) is -0.0598. The second-order valence-corrected chi connectivity index (χ2v) is 7.24. The third-order valence-electron chi connectivity index (χ3n) is 4.43. The fourth-order valence-corrected chi connectivity index (χ4v) is 4.06. The third-order valence-corrected chi connectivity index (χ3v) is 5.59. The van der Waals surface area contributed by atoms with E-state index in [4.69, 9.17) is 5.73 Å². The quantitative estimate of drug-likeness (QED) is 0.495. The minimum Gasteiger partial charge on any atom is -0.382 e. The van der Waals surface area contributed by atoms with Crippen LogP contribution >= 0.6 is 11.3 Å². The van der Waals surface area contributed by atoms with Crippen LogP contribution in [0.3, 0.4) is 0 Å². The summed E-state index contributed by atoms with van der Waals surface area (Å²) in [6, 6.07) is 13.4. The van der Waals surface area contributed by atoms with Crippen LogP contribution in [0.2, 0.25) is 0 Å². The molecular weight excluding hydrogens is 374 g/mol. The van der Waals surface area contributed by atoms with Gasteiger partial charge in [-0.3, -0.25) is 9.59 Å². The van der Waals surface area contributed by atoms with Crippen molar-refractivity contribution in [2.24, 2.45) is 0 Å². The van der Waals surface area contributed by atoms with E-state index >= 15 is 0 Å². The number of carbonyl (C=O) groups is 2. The molecule has 0 atom stereocenters. The summed E-state index contributed by atoms with van der Waals surface area (Å²) >= 11 is 1.55. The number of hydrogen-bond acceptors (Lipinski definition) is 6. The van der Waals surface area contributed by atoms with Crippen LogP contribution in [0.1, 0.15) is 10.4 Å². The molecule has 7 nitrogen and oxygen atoms in total. The molecule has 8 heteroatoms. The Morgan fingerprint density at radius 3 is 2.75 bits per heavy atom. The van der Waals surface area contributed by atoms with Gasteiger partial charge < -0.3 is 16.4 Å². The molecule has 2 heterocycles. The maximum atomic E-state index is 12.3. The van der Waals surface area contributed by atoms with Gasteiger partial charge in [0.05, 0.1) is 16.8 Å². The van der Waals surface area contributed by atoms with Gasteiger partial charge >= 0.3 is 0 Å². The number of carbonyl (C=O) groups excluding carboxylic acids is 2. The van der Waals surface area contributed by atoms with Crippen LogP contribution in [0, 0.1) is 0 Å². The number of benzene rings is 2. The summed E-state index contributed by atoms with van der Waals surface area (Å²) in [7, 11) is 1.53. The van der Waals surface area contributed by atoms with E-state index in [0.717, 1.165) is 31.4 Å². The molecule has 0 aliphatic heterocycles. The Balaban J connectivity index is 1.68. The van der Waals surface area contributed by atoms with Crippen molar-refractivity contribution in [1.29, 1.82) is 0 Å². The number of fused-ring (bicyclic) bond motifs is 3. The van der Waals surface area contributed by atoms with Crippen LogP contribution in [0.5, 0.6) is 0 Å². The normalized spacial score (nSPS) is 10.9. The average Bonchev–Trinajstić information content (AvgIpc) is 3.11. The lowest BCUT2D eigenvalue weighted by Gasteiger charge is -2.07. The zero-order valence-corrected chi connectivity index (χ0v) is 15.8. The highest BCUT2D eigenvalue weighted by molar-refractivity contribution is 7.26. The first-order valence-corrected chi connectivity index (χ1v) is 9.40. The third kappa shape index (κ3) is 3.25. The molecule has 28 heavy (non-hydrogen) atoms. The molecule has 0 spiro atoms. The van der Waals surface area contributed by atoms with Crippen molar-refractivity contribution in [1.82, 2.24) is 20.6 Å². The SMILES string of the molecule is CNC(=O)CNC(=O)c1cccc(-c2ccc3c(c2)sc2c(N)ncnc23)c1. The number of amides is 2. The van der Waals surface area contributed by atoms with Gasteiger partial charge in [-0.15, -0.1) is 11.3 Å². The van der Waals surface area contributed by atoms with E-state index < -0.39 is 0 Å². The van der Waals surface area contributed by atoms with Crippen molar-refractivity contribution in [2.75, 3.05) is 19.3 Å². The van der Waals surface area contributed by atoms with Crippen molar-refractivity contribution >= 4 is 49.3 Å². The van der Waals surface area contributed by atoms with E-state index in [1.54, 1.807) is 17.4 Å². The zero-order chi connectivity index (χ0) is 19.7. The maximum Gasteiger partial charge on any atom is 0.251 e. The molecule has 4 N–H and O–H groups in total. The van der Waals surface area contributed by atoms with Gasteiger partial charge in [0.1, 0.15) is 12.1 Å². The van der Waals surface area contributed by atoms with Gasteiger partial charge in [-0.05, 0) is 29.3 Å². The molecule has 0 unspecified atom stereocenters. The molecule has 4 rings (SSSR count). The first kappa shape index (κ1) is 17.9. The summed E-state index contributed by atoms with van der Waals surface area (Å²) < 4.78 is 1.92. The smallest absolute Gasteiger partial charge is 0.251 e. The number of likely N-dealkylation sites (N-methyl/N-ethyl adjacent to an activating group) is 1. The Labute approximate surface area is 164 Å². The van der Waals surface area contributed by atoms with Gasteiger partial charge in [0.15, 0.2) is 0 Å². The fourth-order valence-electron chi connectivity index (χ4n) is 2.96. The van der Waals surface area contributed by atoms with Gasteiger partial charge in [-0.2, -0.15) is 0 Å². The summed E-state index contributed by atoms with van der Waals surface area (Å²) in [6.07, 6.45) is 1.47. The van der Waals surface area contributed by atoms with Gasteiger partial charge in [0.2, 0.25) is 5.91 Å². The van der Waals surface area contributed by atoms with Crippen molar-refractivity contribution in [2.45, 2.75) is 0 Å². The molecule has 0 radical (unpaired) electrons. The van der Waals surface area contributed by atoms with E-state index in [9.17, 15) is 9.59 Å². The summed E-state index contributed by atoms with van der Waals surface area (Å²) in [4.78, 5) is 32.0. The monoisotopic (exact) mass is 391 g/mol. The van der Waals surface area contributed by atoms with Crippen LogP contribution in [-0.4, -0.2) is 35.4 Å². The van der Waals surface area contributed by atoms with E-state index in [1.807, 2.05) is 30.3 Å². The van der Waals surface area contributed by atoms with Crippen molar-refractivity contribution < 1.29 is 9.59 Å². The highest BCUT2D eigenvalue weighted by Gasteiger charge is 2.12. The summed E-state index contributed by atoms with van der Waals surface area (Å²) in [5, 5.41) is 6.10. The first-order valence-electron chi connectivity index (χ1n) is 8.59. The number of aromatic nitrogens is 2. The lowest BCUT2D eigenvalue weighted by atomic mass is 10.0. The second-order valence-electron chi connectivity index (χ2n) is 6.19. The van der Waals surface area contributed by atoms with E-state index in [-0.39, 0.29) is 18.4 Å². The molecule has 0 saturated carbocycles. The zero-order valence-electron chi connectivity index (χ0n) is 15.0. The van der Waals surface area contributed by atoms with Crippen LogP contribution in [0.4, 0.5) is 5.82 Å². The Bertz CT molecular complexity index is 1220. The van der Waals surface area contributed by atoms with E-state index in [0.29, 0.717) is 11.4 Å². The van der Waals surface area contributed by atoms with Crippen LogP contribution in [0.15, 0.2) is 48.8 Å². The standard InChI is InChI=1S/C20H17N5O2S/c1-22-16(26)9-23-20(27)13-4-2-3-11(7-13)12-5-6-14-15(8-12)28-18-17(14)24-10-25-19(18)21/h2-8,10H,9H2,1H3,(H,22,26)(H,23,27)(H2,21,24,25). The molecular formula is C20H17N5O2S. The van der Waals surface area contributed by atoms with Crippen LogP contribution < -0.4 is 16.4 Å².